The van der Waals surface area contributed by atoms with Gasteiger partial charge in [0.2, 0.25) is 0 Å². The van der Waals surface area contributed by atoms with Gasteiger partial charge in [-0.3, -0.25) is 4.79 Å². The van der Waals surface area contributed by atoms with Gasteiger partial charge in [-0.15, -0.1) is 0 Å². The topological polar surface area (TPSA) is 69.6 Å². The number of hydrogen-bond acceptors (Lipinski definition) is 3. The van der Waals surface area contributed by atoms with Crippen molar-refractivity contribution in [1.29, 1.82) is 0 Å². The first kappa shape index (κ1) is 14.2. The number of thioether (sulfide) groups is 1. The molecular weight excluding hydrogens is 240 g/mol. The molecule has 0 aliphatic carbocycles. The number of carbonyl (C=O) groups excluding carboxylic acids is 1. The maximum Gasteiger partial charge on any atom is 0.317 e. The van der Waals surface area contributed by atoms with E-state index in [1.54, 1.807) is 16.7 Å². The molecule has 2 atom stereocenters. The molecule has 5 nitrogen and oxygen atoms in total. The second kappa shape index (κ2) is 6.74. The fraction of sp³-hybridized carbons (Fsp3) is 0.818. The fourth-order valence-corrected chi connectivity index (χ4v) is 2.11. The minimum atomic E-state index is -0.809. The molecule has 0 aromatic rings. The van der Waals surface area contributed by atoms with Crippen molar-refractivity contribution in [1.82, 2.24) is 10.2 Å². The first-order valence-corrected chi connectivity index (χ1v) is 7.11. The van der Waals surface area contributed by atoms with Crippen LogP contribution >= 0.6 is 11.8 Å². The first-order chi connectivity index (χ1) is 8.04. The molecule has 1 fully saturated rings. The van der Waals surface area contributed by atoms with Crippen LogP contribution in [0.5, 0.6) is 0 Å². The lowest BCUT2D eigenvalue weighted by molar-refractivity contribution is -0.141. The largest absolute Gasteiger partial charge is 0.481 e. The molecule has 0 radical (unpaired) electrons. The zero-order chi connectivity index (χ0) is 12.8. The first-order valence-electron chi connectivity index (χ1n) is 5.83. The monoisotopic (exact) mass is 260 g/mol. The van der Waals surface area contributed by atoms with E-state index in [4.69, 9.17) is 5.11 Å². The van der Waals surface area contributed by atoms with Gasteiger partial charge in [-0.05, 0) is 19.1 Å². The maximum absolute atomic E-state index is 11.7. The Morgan fingerprint density at radius 3 is 2.82 bits per heavy atom. The summed E-state index contributed by atoms with van der Waals surface area (Å²) in [5.74, 6) is -1.21. The highest BCUT2D eigenvalue weighted by atomic mass is 32.2. The van der Waals surface area contributed by atoms with Crippen LogP contribution < -0.4 is 5.32 Å². The standard InChI is InChI=1S/C11H20N2O3S/c1-8(17-2)3-5-12-11(16)13-6-4-9(7-13)10(14)15/h8-9H,3-7H2,1-2H3,(H,12,16)(H,14,15). The summed E-state index contributed by atoms with van der Waals surface area (Å²) >= 11 is 1.77. The summed E-state index contributed by atoms with van der Waals surface area (Å²) in [4.78, 5) is 24.0. The number of likely N-dealkylation sites (tertiary alicyclic amines) is 1. The van der Waals surface area contributed by atoms with Crippen LogP contribution in [-0.4, -0.2) is 53.1 Å². The highest BCUT2D eigenvalue weighted by Crippen LogP contribution is 2.16. The predicted molar refractivity (Wildman–Crippen MR) is 68.3 cm³/mol. The van der Waals surface area contributed by atoms with Crippen molar-refractivity contribution in [3.63, 3.8) is 0 Å². The fourth-order valence-electron chi connectivity index (χ4n) is 1.76. The van der Waals surface area contributed by atoms with E-state index in [2.05, 4.69) is 12.2 Å². The minimum Gasteiger partial charge on any atom is -0.481 e. The number of carboxylic acid groups (broad SMARTS) is 1. The van der Waals surface area contributed by atoms with E-state index in [9.17, 15) is 9.59 Å². The van der Waals surface area contributed by atoms with Gasteiger partial charge in [-0.1, -0.05) is 6.92 Å². The average Bonchev–Trinajstić information content (AvgIpc) is 2.78. The Labute approximate surface area is 106 Å². The van der Waals surface area contributed by atoms with Crippen molar-refractivity contribution < 1.29 is 14.7 Å². The number of amides is 2. The minimum absolute atomic E-state index is 0.137. The summed E-state index contributed by atoms with van der Waals surface area (Å²) in [6.45, 7) is 3.64. The van der Waals surface area contributed by atoms with Crippen LogP contribution in [0.1, 0.15) is 19.8 Å². The van der Waals surface area contributed by atoms with Crippen LogP contribution in [0, 0.1) is 5.92 Å². The molecule has 1 aliphatic rings. The van der Waals surface area contributed by atoms with Gasteiger partial charge in [-0.2, -0.15) is 11.8 Å². The molecule has 2 amide bonds. The van der Waals surface area contributed by atoms with Gasteiger partial charge in [0.1, 0.15) is 0 Å². The molecule has 1 rings (SSSR count). The predicted octanol–water partition coefficient (Wildman–Crippen LogP) is 1.24. The molecule has 98 valence electrons. The summed E-state index contributed by atoms with van der Waals surface area (Å²) in [6, 6.07) is -0.137. The quantitative estimate of drug-likeness (QED) is 0.780. The van der Waals surface area contributed by atoms with Crippen molar-refractivity contribution >= 4 is 23.8 Å². The van der Waals surface area contributed by atoms with Crippen LogP contribution in [0.4, 0.5) is 4.79 Å². The Hall–Kier alpha value is -0.910. The van der Waals surface area contributed by atoms with E-state index in [1.165, 1.54) is 0 Å². The van der Waals surface area contributed by atoms with Gasteiger partial charge in [-0.25, -0.2) is 4.79 Å². The van der Waals surface area contributed by atoms with E-state index in [0.29, 0.717) is 31.3 Å². The van der Waals surface area contributed by atoms with Gasteiger partial charge in [0.25, 0.3) is 0 Å². The number of carboxylic acids is 1. The zero-order valence-corrected chi connectivity index (χ0v) is 11.1. The highest BCUT2D eigenvalue weighted by Gasteiger charge is 2.30. The third kappa shape index (κ3) is 4.46. The Bertz CT molecular complexity index is 286. The molecule has 1 saturated heterocycles. The summed E-state index contributed by atoms with van der Waals surface area (Å²) in [7, 11) is 0. The third-order valence-corrected chi connectivity index (χ3v) is 4.09. The lowest BCUT2D eigenvalue weighted by Gasteiger charge is -2.17. The molecule has 1 aliphatic heterocycles. The number of aliphatic carboxylic acids is 1. The van der Waals surface area contributed by atoms with Gasteiger partial charge in [0.05, 0.1) is 5.92 Å². The summed E-state index contributed by atoms with van der Waals surface area (Å²) in [6.07, 6.45) is 3.54. The van der Waals surface area contributed by atoms with Gasteiger partial charge >= 0.3 is 12.0 Å². The molecule has 17 heavy (non-hydrogen) atoms. The second-order valence-corrected chi connectivity index (χ2v) is 5.61. The van der Waals surface area contributed by atoms with E-state index < -0.39 is 11.9 Å². The normalized spacial score (nSPS) is 21.3. The smallest absolute Gasteiger partial charge is 0.317 e. The molecule has 2 unspecified atom stereocenters. The lowest BCUT2D eigenvalue weighted by Crippen LogP contribution is -2.39. The third-order valence-electron chi connectivity index (χ3n) is 3.05. The van der Waals surface area contributed by atoms with Crippen molar-refractivity contribution in [3.8, 4) is 0 Å². The van der Waals surface area contributed by atoms with Crippen molar-refractivity contribution in [2.24, 2.45) is 5.92 Å². The van der Waals surface area contributed by atoms with Crippen molar-refractivity contribution in [3.05, 3.63) is 0 Å². The molecule has 0 spiro atoms. The van der Waals surface area contributed by atoms with Crippen molar-refractivity contribution in [2.75, 3.05) is 25.9 Å². The summed E-state index contributed by atoms with van der Waals surface area (Å²) in [5.41, 5.74) is 0. The Balaban J connectivity index is 2.23. The molecule has 0 saturated carbocycles. The van der Waals surface area contributed by atoms with Crippen LogP contribution in [-0.2, 0) is 4.79 Å². The van der Waals surface area contributed by atoms with Gasteiger partial charge < -0.3 is 15.3 Å². The Kier molecular flexibility index (Phi) is 5.61. The van der Waals surface area contributed by atoms with Gasteiger partial charge in [0, 0.05) is 24.9 Å². The van der Waals surface area contributed by atoms with Crippen LogP contribution in [0.3, 0.4) is 0 Å². The van der Waals surface area contributed by atoms with Gasteiger partial charge in [0.15, 0.2) is 0 Å². The number of urea groups is 1. The zero-order valence-electron chi connectivity index (χ0n) is 10.3. The molecule has 0 bridgehead atoms. The molecule has 1 heterocycles. The number of carbonyl (C=O) groups is 2. The molecule has 0 aromatic heterocycles. The van der Waals surface area contributed by atoms with E-state index in [0.717, 1.165) is 6.42 Å². The molecular formula is C11H20N2O3S. The maximum atomic E-state index is 11.7. The lowest BCUT2D eigenvalue weighted by atomic mass is 10.1. The summed E-state index contributed by atoms with van der Waals surface area (Å²) in [5, 5.41) is 12.2. The van der Waals surface area contributed by atoms with Crippen molar-refractivity contribution in [2.45, 2.75) is 25.0 Å². The van der Waals surface area contributed by atoms with E-state index in [-0.39, 0.29) is 6.03 Å². The number of rotatable bonds is 5. The second-order valence-electron chi connectivity index (χ2n) is 4.34. The number of nitrogens with one attached hydrogen (secondary N) is 1. The number of nitrogens with zero attached hydrogens (tertiary/aromatic N) is 1. The molecule has 0 aromatic carbocycles. The molecule has 6 heteroatoms. The van der Waals surface area contributed by atoms with Crippen LogP contribution in [0.15, 0.2) is 0 Å². The Morgan fingerprint density at radius 2 is 2.29 bits per heavy atom. The van der Waals surface area contributed by atoms with E-state index in [1.807, 2.05) is 6.26 Å². The van der Waals surface area contributed by atoms with Crippen LogP contribution in [0.25, 0.3) is 0 Å². The SMILES string of the molecule is CSC(C)CCNC(=O)N1CCC(C(=O)O)C1. The van der Waals surface area contributed by atoms with E-state index >= 15 is 0 Å². The highest BCUT2D eigenvalue weighted by molar-refractivity contribution is 7.99. The molecule has 2 N–H and O–H groups in total. The Morgan fingerprint density at radius 1 is 1.59 bits per heavy atom. The number of hydrogen-bond donors (Lipinski definition) is 2. The average molecular weight is 260 g/mol. The van der Waals surface area contributed by atoms with Crippen LogP contribution in [0.2, 0.25) is 0 Å². The summed E-state index contributed by atoms with van der Waals surface area (Å²) < 4.78 is 0.